The van der Waals surface area contributed by atoms with E-state index in [-0.39, 0.29) is 30.8 Å². The molecule has 0 atom stereocenters. The van der Waals surface area contributed by atoms with Crippen molar-refractivity contribution in [3.63, 3.8) is 0 Å². The zero-order valence-electron chi connectivity index (χ0n) is 12.8. The number of nitrogens with zero attached hydrogens (tertiary/aromatic N) is 1. The van der Waals surface area contributed by atoms with Crippen LogP contribution < -0.4 is 10.6 Å². The second kappa shape index (κ2) is 8.73. The summed E-state index contributed by atoms with van der Waals surface area (Å²) in [7, 11) is 3.40. The predicted octanol–water partition coefficient (Wildman–Crippen LogP) is 0.911. The Balaban J connectivity index is 0.00000242. The molecular formula is C15H22ClN3O3. The van der Waals surface area contributed by atoms with Crippen molar-refractivity contribution in [3.05, 3.63) is 29.3 Å². The van der Waals surface area contributed by atoms with Gasteiger partial charge in [-0.3, -0.25) is 9.59 Å². The number of hydrogen-bond acceptors (Lipinski definition) is 4. The molecule has 0 saturated carbocycles. The number of carbonyl (C=O) groups excluding carboxylic acids is 2. The molecule has 0 unspecified atom stereocenters. The highest BCUT2D eigenvalue weighted by molar-refractivity contribution is 5.99. The Morgan fingerprint density at radius 1 is 1.41 bits per heavy atom. The maximum atomic E-state index is 12.1. The highest BCUT2D eigenvalue weighted by atomic mass is 35.5. The molecule has 0 bridgehead atoms. The van der Waals surface area contributed by atoms with Gasteiger partial charge in [-0.15, -0.1) is 12.4 Å². The van der Waals surface area contributed by atoms with Crippen LogP contribution in [0.2, 0.25) is 0 Å². The highest BCUT2D eigenvalue weighted by Crippen LogP contribution is 2.21. The molecule has 2 N–H and O–H groups in total. The molecule has 2 amide bonds. The van der Waals surface area contributed by atoms with Crippen molar-refractivity contribution in [3.8, 4) is 0 Å². The lowest BCUT2D eigenvalue weighted by Gasteiger charge is -2.25. The number of nitrogens with one attached hydrogen (secondary N) is 2. The Bertz CT molecular complexity index is 537. The number of benzene rings is 1. The first-order valence-electron chi connectivity index (χ1n) is 6.99. The summed E-state index contributed by atoms with van der Waals surface area (Å²) in [5.74, 6) is -0.131. The molecule has 1 heterocycles. The number of ether oxygens (including phenoxy) is 1. The molecule has 6 nitrogen and oxygen atoms in total. The standard InChI is InChI=1S/C15H21N3O3.ClH/c1-18-7-5-11-3-4-12(9-13(11)15(18)20)17-14(19)10-16-6-8-21-2;/h3-4,9,16H,5-8,10H2,1-2H3,(H,17,19);1H. The van der Waals surface area contributed by atoms with Crippen LogP contribution in [0.1, 0.15) is 15.9 Å². The van der Waals surface area contributed by atoms with E-state index in [1.165, 1.54) is 0 Å². The summed E-state index contributed by atoms with van der Waals surface area (Å²) >= 11 is 0. The summed E-state index contributed by atoms with van der Waals surface area (Å²) in [5, 5.41) is 5.76. The van der Waals surface area contributed by atoms with Crippen LogP contribution in [0.25, 0.3) is 0 Å². The van der Waals surface area contributed by atoms with E-state index in [0.29, 0.717) is 24.4 Å². The fraction of sp³-hybridized carbons (Fsp3) is 0.467. The summed E-state index contributed by atoms with van der Waals surface area (Å²) in [6.07, 6.45) is 0.852. The topological polar surface area (TPSA) is 70.7 Å². The quantitative estimate of drug-likeness (QED) is 0.762. The van der Waals surface area contributed by atoms with Gasteiger partial charge in [-0.25, -0.2) is 0 Å². The molecule has 1 aromatic carbocycles. The summed E-state index contributed by atoms with van der Waals surface area (Å²) in [4.78, 5) is 25.6. The zero-order valence-corrected chi connectivity index (χ0v) is 13.7. The minimum atomic E-state index is -0.136. The first kappa shape index (κ1) is 18.4. The van der Waals surface area contributed by atoms with E-state index >= 15 is 0 Å². The normalized spacial score (nSPS) is 13.4. The second-order valence-electron chi connectivity index (χ2n) is 5.07. The fourth-order valence-corrected chi connectivity index (χ4v) is 2.25. The Morgan fingerprint density at radius 3 is 2.91 bits per heavy atom. The van der Waals surface area contributed by atoms with Gasteiger partial charge < -0.3 is 20.3 Å². The van der Waals surface area contributed by atoms with Crippen LogP contribution in [-0.4, -0.2) is 57.1 Å². The maximum Gasteiger partial charge on any atom is 0.253 e. The van der Waals surface area contributed by atoms with Crippen molar-refractivity contribution in [1.29, 1.82) is 0 Å². The molecule has 0 saturated heterocycles. The van der Waals surface area contributed by atoms with Gasteiger partial charge in [0.15, 0.2) is 0 Å². The number of halogens is 1. The number of likely N-dealkylation sites (N-methyl/N-ethyl adjacent to an activating group) is 1. The van der Waals surface area contributed by atoms with Gasteiger partial charge in [0.25, 0.3) is 5.91 Å². The number of anilines is 1. The van der Waals surface area contributed by atoms with Crippen molar-refractivity contribution >= 4 is 29.9 Å². The summed E-state index contributed by atoms with van der Waals surface area (Å²) in [6, 6.07) is 5.50. The number of rotatable bonds is 6. The molecule has 7 heteroatoms. The third kappa shape index (κ3) is 4.69. The van der Waals surface area contributed by atoms with E-state index in [9.17, 15) is 9.59 Å². The van der Waals surface area contributed by atoms with Gasteiger partial charge in [0, 0.05) is 38.5 Å². The Morgan fingerprint density at radius 2 is 2.18 bits per heavy atom. The van der Waals surface area contributed by atoms with Gasteiger partial charge in [0.1, 0.15) is 0 Å². The monoisotopic (exact) mass is 327 g/mol. The second-order valence-corrected chi connectivity index (χ2v) is 5.07. The molecule has 1 aliphatic heterocycles. The molecule has 122 valence electrons. The van der Waals surface area contributed by atoms with Gasteiger partial charge in [-0.05, 0) is 24.1 Å². The molecule has 0 fully saturated rings. The summed E-state index contributed by atoms with van der Waals surface area (Å²) in [5.41, 5.74) is 2.36. The van der Waals surface area contributed by atoms with Crippen LogP contribution in [0.4, 0.5) is 5.69 Å². The van der Waals surface area contributed by atoms with Gasteiger partial charge in [0.05, 0.1) is 13.2 Å². The van der Waals surface area contributed by atoms with Crippen LogP contribution in [0.3, 0.4) is 0 Å². The van der Waals surface area contributed by atoms with Crippen molar-refractivity contribution in [2.75, 3.05) is 45.7 Å². The minimum absolute atomic E-state index is 0. The van der Waals surface area contributed by atoms with Crippen molar-refractivity contribution in [2.24, 2.45) is 0 Å². The van der Waals surface area contributed by atoms with Crippen molar-refractivity contribution in [2.45, 2.75) is 6.42 Å². The van der Waals surface area contributed by atoms with Crippen LogP contribution in [-0.2, 0) is 16.0 Å². The third-order valence-electron chi connectivity index (χ3n) is 3.46. The molecule has 0 aromatic heterocycles. The lowest BCUT2D eigenvalue weighted by Crippen LogP contribution is -2.34. The van der Waals surface area contributed by atoms with E-state index in [0.717, 1.165) is 18.5 Å². The highest BCUT2D eigenvalue weighted by Gasteiger charge is 2.21. The van der Waals surface area contributed by atoms with Crippen LogP contribution >= 0.6 is 12.4 Å². The Hall–Kier alpha value is -1.63. The number of carbonyl (C=O) groups is 2. The minimum Gasteiger partial charge on any atom is -0.383 e. The van der Waals surface area contributed by atoms with Gasteiger partial charge in [-0.2, -0.15) is 0 Å². The average Bonchev–Trinajstić information content (AvgIpc) is 2.48. The summed E-state index contributed by atoms with van der Waals surface area (Å²) < 4.78 is 4.89. The molecule has 22 heavy (non-hydrogen) atoms. The first-order chi connectivity index (χ1) is 10.1. The lowest BCUT2D eigenvalue weighted by molar-refractivity contribution is -0.115. The fourth-order valence-electron chi connectivity index (χ4n) is 2.25. The van der Waals surface area contributed by atoms with Crippen LogP contribution in [0.15, 0.2) is 18.2 Å². The molecule has 1 aliphatic rings. The van der Waals surface area contributed by atoms with Crippen LogP contribution in [0, 0.1) is 0 Å². The maximum absolute atomic E-state index is 12.1. The van der Waals surface area contributed by atoms with E-state index in [4.69, 9.17) is 4.74 Å². The van der Waals surface area contributed by atoms with Crippen molar-refractivity contribution < 1.29 is 14.3 Å². The molecule has 1 aromatic rings. The van der Waals surface area contributed by atoms with Crippen molar-refractivity contribution in [1.82, 2.24) is 10.2 Å². The number of fused-ring (bicyclic) bond motifs is 1. The molecule has 2 rings (SSSR count). The largest absolute Gasteiger partial charge is 0.383 e. The van der Waals surface area contributed by atoms with E-state index in [1.54, 1.807) is 25.1 Å². The van der Waals surface area contributed by atoms with E-state index in [2.05, 4.69) is 10.6 Å². The SMILES string of the molecule is COCCNCC(=O)Nc1ccc2c(c1)C(=O)N(C)CC2.Cl. The first-order valence-corrected chi connectivity index (χ1v) is 6.99. The van der Waals surface area contributed by atoms with Gasteiger partial charge >= 0.3 is 0 Å². The Labute approximate surface area is 136 Å². The van der Waals surface area contributed by atoms with Crippen LogP contribution in [0.5, 0.6) is 0 Å². The average molecular weight is 328 g/mol. The summed E-state index contributed by atoms with van der Waals surface area (Å²) in [6.45, 7) is 2.14. The predicted molar refractivity (Wildman–Crippen MR) is 87.7 cm³/mol. The number of methoxy groups -OCH3 is 1. The lowest BCUT2D eigenvalue weighted by atomic mass is 9.99. The molecule has 0 spiro atoms. The number of hydrogen-bond donors (Lipinski definition) is 2. The number of amides is 2. The Kier molecular flexibility index (Phi) is 7.31. The smallest absolute Gasteiger partial charge is 0.253 e. The van der Waals surface area contributed by atoms with Gasteiger partial charge in [0.2, 0.25) is 5.91 Å². The third-order valence-corrected chi connectivity index (χ3v) is 3.46. The van der Waals surface area contributed by atoms with E-state index < -0.39 is 0 Å². The van der Waals surface area contributed by atoms with E-state index in [1.807, 2.05) is 12.1 Å². The zero-order chi connectivity index (χ0) is 15.2. The molecule has 0 radical (unpaired) electrons. The molecular weight excluding hydrogens is 306 g/mol. The molecule has 0 aliphatic carbocycles. The van der Waals surface area contributed by atoms with Gasteiger partial charge in [-0.1, -0.05) is 6.07 Å².